The maximum absolute atomic E-state index is 4.48. The summed E-state index contributed by atoms with van der Waals surface area (Å²) < 4.78 is 0. The molecule has 4 aromatic heterocycles. The zero-order chi connectivity index (χ0) is 100. The number of nitrogens with zero attached hydrogens (tertiary/aromatic N) is 17. The van der Waals surface area contributed by atoms with E-state index in [2.05, 4.69) is 421 Å². The predicted molar refractivity (Wildman–Crippen MR) is 591 cm³/mol. The van der Waals surface area contributed by atoms with Crippen molar-refractivity contribution in [3.8, 4) is 0 Å². The Kier molecular flexibility index (Phi) is 56.3. The Morgan fingerprint density at radius 2 is 0.364 bits per heavy atom. The zero-order valence-electron chi connectivity index (χ0n) is 89.9. The van der Waals surface area contributed by atoms with Gasteiger partial charge >= 0.3 is 0 Å². The molecule has 0 spiro atoms. The molecule has 0 radical (unpaired) electrons. The number of rotatable bonds is 6. The number of anilines is 18. The van der Waals surface area contributed by atoms with Gasteiger partial charge < -0.3 is 58.8 Å². The molecule has 10 heterocycles. The van der Waals surface area contributed by atoms with Crippen LogP contribution in [0.5, 0.6) is 0 Å². The first-order valence-corrected chi connectivity index (χ1v) is 49.5. The van der Waals surface area contributed by atoms with Crippen molar-refractivity contribution in [2.75, 3.05) is 101 Å². The Balaban J connectivity index is 0.000000756. The number of hydrogen-bond acceptors (Lipinski definition) is 17. The molecule has 132 heavy (non-hydrogen) atoms. The van der Waals surface area contributed by atoms with Gasteiger partial charge in [0.05, 0.1) is 63.6 Å². The number of aromatic nitrogens is 5. The van der Waals surface area contributed by atoms with Crippen molar-refractivity contribution in [2.24, 2.45) is 0 Å². The van der Waals surface area contributed by atoms with Crippen LogP contribution in [0.2, 0.25) is 0 Å². The maximum Gasteiger partial charge on any atom is 0.178 e. The molecule has 17 heteroatoms. The quantitative estimate of drug-likeness (QED) is 0.158. The third-order valence-corrected chi connectivity index (χ3v) is 22.3. The van der Waals surface area contributed by atoms with Gasteiger partial charge in [-0.05, 0) is 201 Å². The number of hydrogen-bond donors (Lipinski definition) is 0. The summed E-state index contributed by atoms with van der Waals surface area (Å²) in [5.41, 5.74) is 26.5. The van der Waals surface area contributed by atoms with Crippen LogP contribution in [0.1, 0.15) is 241 Å². The van der Waals surface area contributed by atoms with Crippen molar-refractivity contribution >= 4 is 103 Å². The molecule has 720 valence electrons. The number of benzene rings is 8. The fourth-order valence-corrected chi connectivity index (χ4v) is 15.6. The number of fused-ring (bicyclic) bond motifs is 6. The van der Waals surface area contributed by atoms with Gasteiger partial charge in [0.15, 0.2) is 17.5 Å². The van der Waals surface area contributed by atoms with Crippen molar-refractivity contribution in [2.45, 2.75) is 286 Å². The van der Waals surface area contributed by atoms with E-state index in [1.807, 2.05) is 203 Å². The zero-order valence-corrected chi connectivity index (χ0v) is 89.9. The van der Waals surface area contributed by atoms with Gasteiger partial charge in [-0.2, -0.15) is 0 Å². The van der Waals surface area contributed by atoms with Crippen LogP contribution >= 0.6 is 0 Å². The summed E-state index contributed by atoms with van der Waals surface area (Å²) in [6.07, 6.45) is 14.8. The normalized spacial score (nSPS) is 15.3. The Morgan fingerprint density at radius 3 is 0.682 bits per heavy atom. The van der Waals surface area contributed by atoms with Gasteiger partial charge in [0.1, 0.15) is 37.0 Å². The number of pyridine rings is 3. The fraction of sp³-hybridized carbons (Fsp3) is 0.417. The van der Waals surface area contributed by atoms with E-state index in [0.717, 1.165) is 17.5 Å². The van der Waals surface area contributed by atoms with Crippen LogP contribution in [-0.4, -0.2) is 104 Å². The first kappa shape index (κ1) is 118. The summed E-state index contributed by atoms with van der Waals surface area (Å²) in [6, 6.07) is 76.4. The minimum absolute atomic E-state index is 0.225. The van der Waals surface area contributed by atoms with Crippen LogP contribution in [0.4, 0.5) is 103 Å². The van der Waals surface area contributed by atoms with Gasteiger partial charge in [0.25, 0.3) is 0 Å². The van der Waals surface area contributed by atoms with E-state index in [0.29, 0.717) is 24.7 Å². The van der Waals surface area contributed by atoms with Gasteiger partial charge in [0, 0.05) is 107 Å². The first-order valence-electron chi connectivity index (χ1n) is 49.5. The molecule has 8 aromatic carbocycles. The minimum atomic E-state index is 0.225. The van der Waals surface area contributed by atoms with Crippen molar-refractivity contribution in [3.63, 3.8) is 0 Å². The van der Waals surface area contributed by atoms with Crippen LogP contribution < -0.4 is 58.8 Å². The van der Waals surface area contributed by atoms with Gasteiger partial charge in [-0.25, -0.2) is 15.0 Å². The van der Waals surface area contributed by atoms with Crippen LogP contribution in [-0.2, 0) is 0 Å². The highest BCUT2D eigenvalue weighted by Crippen LogP contribution is 2.49. The van der Waals surface area contributed by atoms with E-state index < -0.39 is 0 Å². The van der Waals surface area contributed by atoms with E-state index in [-0.39, 0.29) is 12.3 Å². The van der Waals surface area contributed by atoms with Crippen molar-refractivity contribution < 1.29 is 0 Å². The Hall–Kier alpha value is -12.1. The largest absolute Gasteiger partial charge is 0.353 e. The van der Waals surface area contributed by atoms with E-state index in [1.165, 1.54) is 119 Å². The van der Waals surface area contributed by atoms with Crippen molar-refractivity contribution in [3.05, 3.63) is 295 Å². The smallest absolute Gasteiger partial charge is 0.178 e. The van der Waals surface area contributed by atoms with E-state index in [9.17, 15) is 0 Å². The molecule has 0 bridgehead atoms. The topological polar surface area (TPSA) is 103 Å². The molecule has 0 unspecified atom stereocenters. The molecule has 0 amide bonds. The molecule has 18 rings (SSSR count). The molecule has 0 fully saturated rings. The lowest BCUT2D eigenvalue weighted by Gasteiger charge is -2.28. The summed E-state index contributed by atoms with van der Waals surface area (Å²) in [6.45, 7) is 74.2. The third kappa shape index (κ3) is 28.0. The van der Waals surface area contributed by atoms with Crippen molar-refractivity contribution in [1.29, 1.82) is 0 Å². The monoisotopic (exact) mass is 1790 g/mol. The van der Waals surface area contributed by atoms with Gasteiger partial charge in [-0.1, -0.05) is 300 Å². The second-order valence-electron chi connectivity index (χ2n) is 28.7. The lowest BCUT2D eigenvalue weighted by atomic mass is 10.1. The predicted octanol–water partition coefficient (Wildman–Crippen LogP) is 32.9. The lowest BCUT2D eigenvalue weighted by Crippen LogP contribution is -2.36. The number of aryl methyl sites for hydroxylation is 6. The fourth-order valence-electron chi connectivity index (χ4n) is 15.6. The standard InChI is InChI=1S/2C16H18N2.3C15H17N3.C14H16N4.12C2H6/c2*1-12-8-4-5-9-14(12)18-13(2)17(3)15-10-6-7-11-16(15)18;1-11-7-4-5-8-13(11)18-12(2)17(3)15-14(18)9-6-10-16-15;1-11-6-4-5-7-13(11)18-12(2)17(3)15-10-16-9-8-14(15)18;1-11-6-4-5-7-13(11)18-12(2)17(3)14-8-9-16-10-15(14)18;1-10-6-4-5-7-12(10)18-11(2)17(3)13-14(18)16-9-8-15-13;12*1-2/h2*4-11,13H,1-3H3;3*4-10,12H,1-3H3;4-9,11H,1-3H3;12*1-2H3/t2*13-;3*12-;11-;;;;;;;;;;;;/m000000............/s1. The Bertz CT molecular complexity index is 4290. The molecular weight excluding hydrogens is 1620 g/mol. The summed E-state index contributed by atoms with van der Waals surface area (Å²) in [5, 5.41) is 0. The van der Waals surface area contributed by atoms with E-state index >= 15 is 0 Å². The van der Waals surface area contributed by atoms with Crippen LogP contribution in [0.25, 0.3) is 0 Å². The highest BCUT2D eigenvalue weighted by atomic mass is 15.5. The summed E-state index contributed by atoms with van der Waals surface area (Å²) in [7, 11) is 12.7. The SMILES string of the molecule is CC.CC.CC.CC.CC.CC.CC.CC.CC.CC.CC.CC.Cc1ccccc1N1c2ccccc2N(C)[C@@H]1C.Cc1ccccc1N1c2ccccc2N(C)[C@@H]1C.Cc1ccccc1N1c2cccnc2N(C)[C@@H]1C.Cc1ccccc1N1c2ccncc2N(C)[C@@H]1C.Cc1ccccc1N1c2cnccc2N(C)[C@@H]1C.Cc1ccccc1N1c2nccnc2N(C)[C@@H]1C. The highest BCUT2D eigenvalue weighted by Gasteiger charge is 2.38. The van der Waals surface area contributed by atoms with Crippen LogP contribution in [0, 0.1) is 41.5 Å². The summed E-state index contributed by atoms with van der Waals surface area (Å²) in [4.78, 5) is 49.5. The molecule has 6 aliphatic heterocycles. The van der Waals surface area contributed by atoms with Gasteiger partial charge in [0.2, 0.25) is 0 Å². The molecule has 6 aliphatic rings. The highest BCUT2D eigenvalue weighted by molar-refractivity contribution is 5.88. The molecule has 17 nitrogen and oxygen atoms in total. The maximum atomic E-state index is 4.48. The van der Waals surface area contributed by atoms with Crippen molar-refractivity contribution in [1.82, 2.24) is 24.9 Å². The number of para-hydroxylation sites is 10. The van der Waals surface area contributed by atoms with E-state index in [1.54, 1.807) is 12.4 Å². The molecule has 12 aromatic rings. The lowest BCUT2D eigenvalue weighted by molar-refractivity contribution is 0.726. The third-order valence-electron chi connectivity index (χ3n) is 22.3. The van der Waals surface area contributed by atoms with Crippen LogP contribution in [0.3, 0.4) is 0 Å². The summed E-state index contributed by atoms with van der Waals surface area (Å²) >= 11 is 0. The molecule has 0 saturated heterocycles. The molecule has 0 N–H and O–H groups in total. The van der Waals surface area contributed by atoms with Gasteiger partial charge in [-0.3, -0.25) is 9.97 Å². The second kappa shape index (κ2) is 63.0. The molecule has 0 aliphatic carbocycles. The summed E-state index contributed by atoms with van der Waals surface area (Å²) in [5.74, 6) is 2.92. The Morgan fingerprint density at radius 1 is 0.167 bits per heavy atom. The average Bonchev–Trinajstić information content (AvgIpc) is 1.66. The molecule has 0 saturated carbocycles. The molecular formula is C115H175N17. The first-order chi connectivity index (χ1) is 64.2. The second-order valence-corrected chi connectivity index (χ2v) is 28.7. The van der Waals surface area contributed by atoms with Gasteiger partial charge in [-0.15, -0.1) is 0 Å². The van der Waals surface area contributed by atoms with E-state index in [4.69, 9.17) is 0 Å². The Labute approximate surface area is 805 Å². The molecule has 6 atom stereocenters. The average molecular weight is 1800 g/mol. The minimum Gasteiger partial charge on any atom is -0.353 e. The van der Waals surface area contributed by atoms with Crippen LogP contribution in [0.15, 0.2) is 262 Å².